The zero-order chi connectivity index (χ0) is 15.0. The summed E-state index contributed by atoms with van der Waals surface area (Å²) in [6, 6.07) is 0.823. The van der Waals surface area contributed by atoms with Crippen molar-refractivity contribution in [3.05, 3.63) is 5.28 Å². The first-order valence-electron chi connectivity index (χ1n) is 7.01. The van der Waals surface area contributed by atoms with E-state index in [2.05, 4.69) is 46.1 Å². The largest absolute Gasteiger partial charge is 0.463 e. The van der Waals surface area contributed by atoms with Crippen molar-refractivity contribution in [2.24, 2.45) is 0 Å². The van der Waals surface area contributed by atoms with Crippen molar-refractivity contribution >= 4 is 17.5 Å². The molecule has 1 aromatic heterocycles. The quantitative estimate of drug-likeness (QED) is 0.707. The number of anilines is 1. The number of rotatable bonds is 9. The maximum atomic E-state index is 5.84. The van der Waals surface area contributed by atoms with Crippen molar-refractivity contribution < 1.29 is 4.74 Å². The van der Waals surface area contributed by atoms with Crippen LogP contribution < -0.4 is 10.1 Å². The number of hydrogen-bond donors (Lipinski definition) is 1. The van der Waals surface area contributed by atoms with Crippen LogP contribution in [0.4, 0.5) is 5.95 Å². The van der Waals surface area contributed by atoms with Gasteiger partial charge in [0.1, 0.15) is 0 Å². The number of aromatic nitrogens is 3. The maximum Gasteiger partial charge on any atom is 0.322 e. The minimum absolute atomic E-state index is 0.146. The summed E-state index contributed by atoms with van der Waals surface area (Å²) in [5.41, 5.74) is 0. The SMILES string of the molecule is CCCOc1nc(Cl)nc(NCCCN(C)C(C)C)n1. The molecule has 0 saturated heterocycles. The van der Waals surface area contributed by atoms with Crippen LogP contribution in [0.5, 0.6) is 6.01 Å². The van der Waals surface area contributed by atoms with Crippen molar-refractivity contribution in [2.75, 3.05) is 32.1 Å². The first-order valence-corrected chi connectivity index (χ1v) is 7.39. The Labute approximate surface area is 125 Å². The van der Waals surface area contributed by atoms with E-state index in [0.717, 1.165) is 25.9 Å². The van der Waals surface area contributed by atoms with Gasteiger partial charge in [0.15, 0.2) is 0 Å². The van der Waals surface area contributed by atoms with Gasteiger partial charge in [-0.1, -0.05) is 6.92 Å². The van der Waals surface area contributed by atoms with Gasteiger partial charge in [-0.3, -0.25) is 0 Å². The molecule has 1 rings (SSSR count). The van der Waals surface area contributed by atoms with Crippen molar-refractivity contribution in [3.8, 4) is 6.01 Å². The lowest BCUT2D eigenvalue weighted by molar-refractivity contribution is 0.273. The molecular formula is C13H24ClN5O. The molecule has 0 unspecified atom stereocenters. The summed E-state index contributed by atoms with van der Waals surface area (Å²) in [5, 5.41) is 3.29. The van der Waals surface area contributed by atoms with E-state index in [-0.39, 0.29) is 11.3 Å². The third-order valence-corrected chi connectivity index (χ3v) is 3.04. The highest BCUT2D eigenvalue weighted by Crippen LogP contribution is 2.11. The summed E-state index contributed by atoms with van der Waals surface area (Å²) in [6.45, 7) is 8.74. The summed E-state index contributed by atoms with van der Waals surface area (Å²) >= 11 is 5.84. The second kappa shape index (κ2) is 8.92. The average Bonchev–Trinajstić information content (AvgIpc) is 2.40. The molecule has 0 aliphatic carbocycles. The fourth-order valence-electron chi connectivity index (χ4n) is 1.46. The Balaban J connectivity index is 2.41. The van der Waals surface area contributed by atoms with Crippen LogP contribution in [0.25, 0.3) is 0 Å². The molecule has 0 aromatic carbocycles. The van der Waals surface area contributed by atoms with Crippen LogP contribution >= 0.6 is 11.6 Å². The fourth-order valence-corrected chi connectivity index (χ4v) is 1.61. The van der Waals surface area contributed by atoms with Gasteiger partial charge in [0.05, 0.1) is 6.61 Å². The van der Waals surface area contributed by atoms with Crippen molar-refractivity contribution in [1.29, 1.82) is 0 Å². The minimum atomic E-state index is 0.146. The van der Waals surface area contributed by atoms with Crippen LogP contribution in [0, 0.1) is 0 Å². The normalized spacial score (nSPS) is 11.2. The third-order valence-electron chi connectivity index (χ3n) is 2.88. The molecule has 0 radical (unpaired) electrons. The van der Waals surface area contributed by atoms with Crippen LogP contribution in [0.3, 0.4) is 0 Å². The zero-order valence-corrected chi connectivity index (χ0v) is 13.4. The molecule has 20 heavy (non-hydrogen) atoms. The highest BCUT2D eigenvalue weighted by molar-refractivity contribution is 6.28. The average molecular weight is 302 g/mol. The number of nitrogens with one attached hydrogen (secondary N) is 1. The molecule has 0 saturated carbocycles. The van der Waals surface area contributed by atoms with Gasteiger partial charge in [-0.2, -0.15) is 15.0 Å². The summed E-state index contributed by atoms with van der Waals surface area (Å²) in [5.74, 6) is 0.461. The van der Waals surface area contributed by atoms with Crippen molar-refractivity contribution in [1.82, 2.24) is 19.9 Å². The number of halogens is 1. The first-order chi connectivity index (χ1) is 9.52. The Morgan fingerprint density at radius 3 is 2.70 bits per heavy atom. The van der Waals surface area contributed by atoms with E-state index in [1.807, 2.05) is 6.92 Å². The van der Waals surface area contributed by atoms with Gasteiger partial charge >= 0.3 is 6.01 Å². The van der Waals surface area contributed by atoms with Crippen molar-refractivity contribution in [2.45, 2.75) is 39.7 Å². The molecule has 7 heteroatoms. The van der Waals surface area contributed by atoms with E-state index in [4.69, 9.17) is 16.3 Å². The van der Waals surface area contributed by atoms with E-state index in [1.165, 1.54) is 0 Å². The smallest absolute Gasteiger partial charge is 0.322 e. The molecule has 114 valence electrons. The van der Waals surface area contributed by atoms with Crippen LogP contribution in [0.1, 0.15) is 33.6 Å². The van der Waals surface area contributed by atoms with Crippen LogP contribution in [-0.2, 0) is 0 Å². The molecule has 0 fully saturated rings. The molecule has 6 nitrogen and oxygen atoms in total. The summed E-state index contributed by atoms with van der Waals surface area (Å²) in [6.07, 6.45) is 1.90. The van der Waals surface area contributed by atoms with Crippen LogP contribution in [-0.4, -0.2) is 52.6 Å². The predicted octanol–water partition coefficient (Wildman–Crippen LogP) is 2.46. The highest BCUT2D eigenvalue weighted by Gasteiger charge is 2.06. The zero-order valence-electron chi connectivity index (χ0n) is 12.7. The fraction of sp³-hybridized carbons (Fsp3) is 0.769. The van der Waals surface area contributed by atoms with Gasteiger partial charge in [0.25, 0.3) is 0 Å². The molecule has 0 bridgehead atoms. The molecule has 1 N–H and O–H groups in total. The molecule has 0 amide bonds. The Morgan fingerprint density at radius 2 is 2.05 bits per heavy atom. The summed E-state index contributed by atoms with van der Waals surface area (Å²) in [4.78, 5) is 14.4. The predicted molar refractivity (Wildman–Crippen MR) is 81.5 cm³/mol. The van der Waals surface area contributed by atoms with E-state index in [9.17, 15) is 0 Å². The monoisotopic (exact) mass is 301 g/mol. The maximum absolute atomic E-state index is 5.84. The topological polar surface area (TPSA) is 63.2 Å². The Morgan fingerprint density at radius 1 is 1.30 bits per heavy atom. The Bertz CT molecular complexity index is 402. The lowest BCUT2D eigenvalue weighted by Gasteiger charge is -2.20. The number of ether oxygens (including phenoxy) is 1. The molecule has 1 heterocycles. The lowest BCUT2D eigenvalue weighted by Crippen LogP contribution is -2.28. The highest BCUT2D eigenvalue weighted by atomic mass is 35.5. The molecule has 0 atom stereocenters. The van der Waals surface area contributed by atoms with Gasteiger partial charge in [0.2, 0.25) is 11.2 Å². The molecule has 0 spiro atoms. The first kappa shape index (κ1) is 16.9. The number of hydrogen-bond acceptors (Lipinski definition) is 6. The summed E-state index contributed by atoms with van der Waals surface area (Å²) < 4.78 is 5.36. The van der Waals surface area contributed by atoms with Crippen molar-refractivity contribution in [3.63, 3.8) is 0 Å². The van der Waals surface area contributed by atoms with E-state index >= 15 is 0 Å². The van der Waals surface area contributed by atoms with Gasteiger partial charge < -0.3 is 15.0 Å². The van der Waals surface area contributed by atoms with Gasteiger partial charge in [0, 0.05) is 12.6 Å². The minimum Gasteiger partial charge on any atom is -0.463 e. The van der Waals surface area contributed by atoms with E-state index < -0.39 is 0 Å². The molecule has 1 aromatic rings. The van der Waals surface area contributed by atoms with Gasteiger partial charge in [-0.25, -0.2) is 0 Å². The van der Waals surface area contributed by atoms with E-state index in [1.54, 1.807) is 0 Å². The molecular weight excluding hydrogens is 278 g/mol. The number of nitrogens with zero attached hydrogens (tertiary/aromatic N) is 4. The summed E-state index contributed by atoms with van der Waals surface area (Å²) in [7, 11) is 2.11. The second-order valence-corrected chi connectivity index (χ2v) is 5.25. The van der Waals surface area contributed by atoms with Gasteiger partial charge in [-0.05, 0) is 51.9 Å². The Hall–Kier alpha value is -1.14. The third kappa shape index (κ3) is 6.34. The standard InChI is InChI=1S/C13H24ClN5O/c1-5-9-20-13-17-11(14)16-12(18-13)15-7-6-8-19(4)10(2)3/h10H,5-9H2,1-4H3,(H,15,16,17,18). The second-order valence-electron chi connectivity index (χ2n) is 4.91. The van der Waals surface area contributed by atoms with Crippen LogP contribution in [0.2, 0.25) is 5.28 Å². The van der Waals surface area contributed by atoms with Gasteiger partial charge in [-0.15, -0.1) is 0 Å². The van der Waals surface area contributed by atoms with E-state index in [0.29, 0.717) is 18.6 Å². The molecule has 0 aliphatic rings. The molecule has 0 aliphatic heterocycles. The lowest BCUT2D eigenvalue weighted by atomic mass is 10.3. The van der Waals surface area contributed by atoms with Crippen LogP contribution in [0.15, 0.2) is 0 Å². The Kier molecular flexibility index (Phi) is 7.54.